The molecule has 0 aliphatic carbocycles. The van der Waals surface area contributed by atoms with Crippen LogP contribution in [0, 0.1) is 5.92 Å². The maximum Gasteiger partial charge on any atom is 0.0594 e. The van der Waals surface area contributed by atoms with Gasteiger partial charge in [-0.2, -0.15) is 0 Å². The molecular formula is C14H31NO2. The van der Waals surface area contributed by atoms with Crippen LogP contribution in [0.3, 0.4) is 0 Å². The number of rotatable bonds is 6. The number of morpholine rings is 1. The van der Waals surface area contributed by atoms with E-state index in [1.165, 1.54) is 25.8 Å². The molecule has 0 spiro atoms. The molecule has 17 heavy (non-hydrogen) atoms. The van der Waals surface area contributed by atoms with Crippen LogP contribution in [0.1, 0.15) is 40.0 Å². The fourth-order valence-corrected chi connectivity index (χ4v) is 1.80. The lowest BCUT2D eigenvalue weighted by atomic mass is 10.2. The van der Waals surface area contributed by atoms with Crippen molar-refractivity contribution < 1.29 is 9.47 Å². The van der Waals surface area contributed by atoms with Crippen LogP contribution in [0.25, 0.3) is 0 Å². The second-order valence-corrected chi connectivity index (χ2v) is 5.01. The van der Waals surface area contributed by atoms with E-state index in [-0.39, 0.29) is 0 Å². The molecule has 1 fully saturated rings. The average molecular weight is 245 g/mol. The first-order valence-corrected chi connectivity index (χ1v) is 6.99. The molecule has 0 amide bonds. The molecule has 3 nitrogen and oxygen atoms in total. The van der Waals surface area contributed by atoms with Gasteiger partial charge in [0.05, 0.1) is 13.2 Å². The molecule has 0 atom stereocenters. The summed E-state index contributed by atoms with van der Waals surface area (Å²) in [6.07, 6.45) is 3.80. The predicted molar refractivity (Wildman–Crippen MR) is 73.5 cm³/mol. The van der Waals surface area contributed by atoms with Crippen molar-refractivity contribution >= 4 is 0 Å². The number of ether oxygens (including phenoxy) is 2. The van der Waals surface area contributed by atoms with Crippen LogP contribution in [0.4, 0.5) is 0 Å². The van der Waals surface area contributed by atoms with Gasteiger partial charge in [0.2, 0.25) is 0 Å². The number of unbranched alkanes of at least 4 members (excludes halogenated alkanes) is 2. The van der Waals surface area contributed by atoms with Gasteiger partial charge >= 0.3 is 0 Å². The zero-order chi connectivity index (χ0) is 12.9. The first-order valence-electron chi connectivity index (χ1n) is 6.99. The van der Waals surface area contributed by atoms with Crippen molar-refractivity contribution in [1.82, 2.24) is 4.90 Å². The highest BCUT2D eigenvalue weighted by Gasteiger charge is 2.10. The van der Waals surface area contributed by atoms with Crippen LogP contribution in [0.15, 0.2) is 0 Å². The zero-order valence-corrected chi connectivity index (χ0v) is 12.2. The van der Waals surface area contributed by atoms with Crippen LogP contribution in [0.2, 0.25) is 0 Å². The molecule has 0 aromatic rings. The molecule has 1 aliphatic rings. The quantitative estimate of drug-likeness (QED) is 0.672. The van der Waals surface area contributed by atoms with E-state index in [0.29, 0.717) is 0 Å². The molecule has 1 rings (SSSR count). The van der Waals surface area contributed by atoms with Gasteiger partial charge in [-0.05, 0) is 12.3 Å². The van der Waals surface area contributed by atoms with Crippen molar-refractivity contribution in [2.45, 2.75) is 40.0 Å². The normalized spacial score (nSPS) is 16.8. The third kappa shape index (κ3) is 12.1. The largest absolute Gasteiger partial charge is 0.385 e. The van der Waals surface area contributed by atoms with Crippen molar-refractivity contribution in [3.8, 4) is 0 Å². The highest BCUT2D eigenvalue weighted by Crippen LogP contribution is 2.01. The summed E-state index contributed by atoms with van der Waals surface area (Å²) in [5.74, 6) is 0.790. The van der Waals surface area contributed by atoms with E-state index in [4.69, 9.17) is 9.47 Å². The maximum absolute atomic E-state index is 5.24. The Morgan fingerprint density at radius 2 is 1.82 bits per heavy atom. The van der Waals surface area contributed by atoms with Crippen molar-refractivity contribution in [3.05, 3.63) is 0 Å². The van der Waals surface area contributed by atoms with Gasteiger partial charge in [-0.15, -0.1) is 0 Å². The van der Waals surface area contributed by atoms with E-state index in [1.807, 2.05) is 0 Å². The van der Waals surface area contributed by atoms with Gasteiger partial charge in [0.25, 0.3) is 0 Å². The van der Waals surface area contributed by atoms with Crippen LogP contribution in [-0.4, -0.2) is 51.5 Å². The molecular weight excluding hydrogens is 214 g/mol. The number of methoxy groups -OCH3 is 1. The average Bonchev–Trinajstić information content (AvgIpc) is 2.31. The molecule has 0 saturated carbocycles. The van der Waals surface area contributed by atoms with Gasteiger partial charge in [0.1, 0.15) is 0 Å². The smallest absolute Gasteiger partial charge is 0.0594 e. The highest BCUT2D eigenvalue weighted by atomic mass is 16.5. The van der Waals surface area contributed by atoms with E-state index in [9.17, 15) is 0 Å². The minimum absolute atomic E-state index is 0.790. The second-order valence-electron chi connectivity index (χ2n) is 5.01. The van der Waals surface area contributed by atoms with Gasteiger partial charge < -0.3 is 9.47 Å². The molecule has 0 aromatic heterocycles. The molecule has 3 heteroatoms. The van der Waals surface area contributed by atoms with E-state index >= 15 is 0 Å². The zero-order valence-electron chi connectivity index (χ0n) is 12.2. The van der Waals surface area contributed by atoms with Crippen LogP contribution < -0.4 is 0 Å². The lowest BCUT2D eigenvalue weighted by molar-refractivity contribution is 0.0329. The summed E-state index contributed by atoms with van der Waals surface area (Å²) in [6, 6.07) is 0. The molecule has 0 bridgehead atoms. The standard InChI is InChI=1S/C8H17NO.C6H14O/c1-8(2)7-9-3-5-10-6-4-9;1-3-4-5-6-7-2/h8H,3-7H2,1-2H3;3-6H2,1-2H3. The summed E-state index contributed by atoms with van der Waals surface area (Å²) in [5, 5.41) is 0. The Labute approximate surface area is 107 Å². The van der Waals surface area contributed by atoms with Gasteiger partial charge in [-0.1, -0.05) is 33.6 Å². The number of hydrogen-bond acceptors (Lipinski definition) is 3. The minimum Gasteiger partial charge on any atom is -0.385 e. The Kier molecular flexibility index (Phi) is 12.3. The molecule has 0 radical (unpaired) electrons. The summed E-state index contributed by atoms with van der Waals surface area (Å²) < 4.78 is 10.1. The van der Waals surface area contributed by atoms with E-state index in [0.717, 1.165) is 38.8 Å². The fraction of sp³-hybridized carbons (Fsp3) is 1.00. The first-order chi connectivity index (χ1) is 8.20. The van der Waals surface area contributed by atoms with Gasteiger partial charge in [0, 0.05) is 33.4 Å². The molecule has 0 N–H and O–H groups in total. The third-order valence-electron chi connectivity index (χ3n) is 2.68. The molecule has 0 unspecified atom stereocenters. The maximum atomic E-state index is 5.24. The van der Waals surface area contributed by atoms with E-state index in [2.05, 4.69) is 25.7 Å². The summed E-state index contributed by atoms with van der Waals surface area (Å²) in [4.78, 5) is 2.47. The summed E-state index contributed by atoms with van der Waals surface area (Å²) in [5.41, 5.74) is 0. The Morgan fingerprint density at radius 3 is 2.29 bits per heavy atom. The van der Waals surface area contributed by atoms with Crippen LogP contribution in [0.5, 0.6) is 0 Å². The first kappa shape index (κ1) is 16.9. The Balaban J connectivity index is 0.000000325. The Bertz CT molecular complexity index is 141. The van der Waals surface area contributed by atoms with Crippen molar-refractivity contribution in [1.29, 1.82) is 0 Å². The van der Waals surface area contributed by atoms with Crippen molar-refractivity contribution in [3.63, 3.8) is 0 Å². The van der Waals surface area contributed by atoms with Crippen molar-refractivity contribution in [2.24, 2.45) is 5.92 Å². The minimum atomic E-state index is 0.790. The monoisotopic (exact) mass is 245 g/mol. The molecule has 104 valence electrons. The van der Waals surface area contributed by atoms with Crippen molar-refractivity contribution in [2.75, 3.05) is 46.6 Å². The van der Waals surface area contributed by atoms with E-state index < -0.39 is 0 Å². The lowest BCUT2D eigenvalue weighted by Crippen LogP contribution is -2.38. The SMILES string of the molecule is CC(C)CN1CCOCC1.CCCCCOC. The summed E-state index contributed by atoms with van der Waals surface area (Å²) >= 11 is 0. The third-order valence-corrected chi connectivity index (χ3v) is 2.68. The fourth-order valence-electron chi connectivity index (χ4n) is 1.80. The Morgan fingerprint density at radius 1 is 1.18 bits per heavy atom. The van der Waals surface area contributed by atoms with Crippen LogP contribution >= 0.6 is 0 Å². The summed E-state index contributed by atoms with van der Waals surface area (Å²) in [7, 11) is 1.75. The number of nitrogens with zero attached hydrogens (tertiary/aromatic N) is 1. The summed E-state index contributed by atoms with van der Waals surface area (Å²) in [6.45, 7) is 13.0. The molecule has 1 saturated heterocycles. The number of hydrogen-bond donors (Lipinski definition) is 0. The van der Waals surface area contributed by atoms with Gasteiger partial charge in [0.15, 0.2) is 0 Å². The van der Waals surface area contributed by atoms with Gasteiger partial charge in [-0.25, -0.2) is 0 Å². The lowest BCUT2D eigenvalue weighted by Gasteiger charge is -2.27. The Hall–Kier alpha value is -0.120. The molecule has 0 aromatic carbocycles. The molecule has 1 aliphatic heterocycles. The van der Waals surface area contributed by atoms with Crippen LogP contribution in [-0.2, 0) is 9.47 Å². The predicted octanol–water partition coefficient (Wildman–Crippen LogP) is 2.80. The second kappa shape index (κ2) is 12.3. The molecule has 1 heterocycles. The highest BCUT2D eigenvalue weighted by molar-refractivity contribution is 4.62. The van der Waals surface area contributed by atoms with Gasteiger partial charge in [-0.3, -0.25) is 4.90 Å². The van der Waals surface area contributed by atoms with E-state index in [1.54, 1.807) is 7.11 Å². The topological polar surface area (TPSA) is 21.7 Å².